The van der Waals surface area contributed by atoms with E-state index in [9.17, 15) is 13.2 Å². The summed E-state index contributed by atoms with van der Waals surface area (Å²) in [5, 5.41) is 11.9. The molecule has 1 amide bonds. The molecule has 9 nitrogen and oxygen atoms in total. The average molecular weight is 483 g/mol. The minimum atomic E-state index is -3.66. The molecule has 1 N–H and O–H groups in total. The highest BCUT2D eigenvalue weighted by atomic mass is 35.5. The van der Waals surface area contributed by atoms with Gasteiger partial charge in [-0.3, -0.25) is 14.6 Å². The number of nitrogens with one attached hydrogen (secondary N) is 1. The van der Waals surface area contributed by atoms with Gasteiger partial charge in [0.25, 0.3) is 5.91 Å². The Labute approximate surface area is 189 Å². The smallest absolute Gasteiger partial charge is 0.271 e. The lowest BCUT2D eigenvalue weighted by Crippen LogP contribution is -2.50. The zero-order valence-electron chi connectivity index (χ0n) is 16.8. The average Bonchev–Trinajstić information content (AvgIpc) is 3.35. The van der Waals surface area contributed by atoms with Crippen molar-refractivity contribution >= 4 is 39.1 Å². The van der Waals surface area contributed by atoms with Crippen molar-refractivity contribution in [2.45, 2.75) is 11.8 Å². The van der Waals surface area contributed by atoms with E-state index in [0.29, 0.717) is 32.7 Å². The highest BCUT2D eigenvalue weighted by molar-refractivity contribution is 7.89. The van der Waals surface area contributed by atoms with Gasteiger partial charge < -0.3 is 4.90 Å². The molecule has 1 aliphatic rings. The predicted octanol–water partition coefficient (Wildman–Crippen LogP) is 2.57. The molecule has 1 fully saturated rings. The van der Waals surface area contributed by atoms with Crippen molar-refractivity contribution in [1.82, 2.24) is 29.2 Å². The first-order valence-electron chi connectivity index (χ1n) is 9.47. The summed E-state index contributed by atoms with van der Waals surface area (Å²) in [6, 6.07) is 6.67. The highest BCUT2D eigenvalue weighted by Gasteiger charge is 2.33. The third-order valence-electron chi connectivity index (χ3n) is 5.35. The molecule has 12 heteroatoms. The number of aromatic nitrogens is 4. The van der Waals surface area contributed by atoms with E-state index in [-0.39, 0.29) is 37.0 Å². The van der Waals surface area contributed by atoms with Crippen LogP contribution in [0.1, 0.15) is 16.2 Å². The second-order valence-electron chi connectivity index (χ2n) is 7.21. The summed E-state index contributed by atoms with van der Waals surface area (Å²) in [6.07, 6.45) is 1.36. The van der Waals surface area contributed by atoms with Crippen molar-refractivity contribution in [3.8, 4) is 11.3 Å². The largest absolute Gasteiger partial charge is 0.335 e. The van der Waals surface area contributed by atoms with Crippen molar-refractivity contribution in [1.29, 1.82) is 0 Å². The third-order valence-corrected chi connectivity index (χ3v) is 7.90. The standard InChI is InChI=1S/C19H20Cl2N6O3S/c1-12-18(11-22-25(12)2)31(29,30)27-7-5-26(6-8-27)19(28)17-10-16(23-24-17)14-4-3-13(20)9-15(14)21/h3-4,9-11H,5-8H2,1-2H3,(H,23,24). The van der Waals surface area contributed by atoms with E-state index in [4.69, 9.17) is 23.2 Å². The molecule has 4 rings (SSSR count). The lowest BCUT2D eigenvalue weighted by Gasteiger charge is -2.33. The van der Waals surface area contributed by atoms with E-state index in [0.717, 1.165) is 0 Å². The molecule has 0 aliphatic carbocycles. The summed E-state index contributed by atoms with van der Waals surface area (Å²) in [6.45, 7) is 2.65. The quantitative estimate of drug-likeness (QED) is 0.615. The molecular formula is C19H20Cl2N6O3S. The van der Waals surface area contributed by atoms with E-state index in [1.807, 2.05) is 0 Å². The van der Waals surface area contributed by atoms with Crippen LogP contribution in [0, 0.1) is 6.92 Å². The summed E-state index contributed by atoms with van der Waals surface area (Å²) < 4.78 is 28.7. The fourth-order valence-electron chi connectivity index (χ4n) is 3.44. The maximum atomic E-state index is 12.9. The number of hydrogen-bond acceptors (Lipinski definition) is 5. The molecule has 3 aromatic rings. The topological polar surface area (TPSA) is 104 Å². The predicted molar refractivity (Wildman–Crippen MR) is 117 cm³/mol. The van der Waals surface area contributed by atoms with Crippen molar-refractivity contribution in [3.63, 3.8) is 0 Å². The van der Waals surface area contributed by atoms with Crippen LogP contribution in [0.15, 0.2) is 35.4 Å². The molecule has 1 aromatic carbocycles. The summed E-state index contributed by atoms with van der Waals surface area (Å²) in [5.41, 5.74) is 2.06. The SMILES string of the molecule is Cc1c(S(=O)(=O)N2CCN(C(=O)c3cc(-c4ccc(Cl)cc4Cl)n[nH]3)CC2)cnn1C. The molecule has 0 radical (unpaired) electrons. The number of rotatable bonds is 4. The second kappa shape index (κ2) is 8.27. The van der Waals surface area contributed by atoms with Crippen LogP contribution in [0.25, 0.3) is 11.3 Å². The normalized spacial score (nSPS) is 15.4. The Bertz CT molecular complexity index is 1250. The first-order valence-corrected chi connectivity index (χ1v) is 11.7. The number of carbonyl (C=O) groups excluding carboxylic acids is 1. The molecule has 31 heavy (non-hydrogen) atoms. The van der Waals surface area contributed by atoms with Crippen LogP contribution < -0.4 is 0 Å². The van der Waals surface area contributed by atoms with Crippen LogP contribution in [0.2, 0.25) is 10.0 Å². The molecule has 0 spiro atoms. The molecular weight excluding hydrogens is 463 g/mol. The molecule has 0 saturated carbocycles. The molecule has 0 unspecified atom stereocenters. The number of amides is 1. The molecule has 2 aromatic heterocycles. The van der Waals surface area contributed by atoms with Crippen LogP contribution in [0.4, 0.5) is 0 Å². The number of halogens is 2. The first kappa shape index (κ1) is 21.8. The van der Waals surface area contributed by atoms with Gasteiger partial charge in [0, 0.05) is 43.8 Å². The van der Waals surface area contributed by atoms with E-state index >= 15 is 0 Å². The minimum Gasteiger partial charge on any atom is -0.335 e. The highest BCUT2D eigenvalue weighted by Crippen LogP contribution is 2.29. The molecule has 1 saturated heterocycles. The van der Waals surface area contributed by atoms with Crippen LogP contribution in [0.3, 0.4) is 0 Å². The molecule has 1 aliphatic heterocycles. The lowest BCUT2D eigenvalue weighted by molar-refractivity contribution is 0.0692. The Morgan fingerprint density at radius 3 is 2.45 bits per heavy atom. The number of carbonyl (C=O) groups is 1. The van der Waals surface area contributed by atoms with Crippen LogP contribution in [-0.2, 0) is 17.1 Å². The van der Waals surface area contributed by atoms with Crippen molar-refractivity contribution in [2.75, 3.05) is 26.2 Å². The molecule has 0 atom stereocenters. The van der Waals surface area contributed by atoms with Gasteiger partial charge in [-0.2, -0.15) is 14.5 Å². The van der Waals surface area contributed by atoms with E-state index in [2.05, 4.69) is 15.3 Å². The van der Waals surface area contributed by atoms with Gasteiger partial charge >= 0.3 is 0 Å². The number of nitrogens with zero attached hydrogens (tertiary/aromatic N) is 5. The first-order chi connectivity index (χ1) is 14.7. The number of aryl methyl sites for hydroxylation is 1. The van der Waals surface area contributed by atoms with E-state index < -0.39 is 10.0 Å². The fourth-order valence-corrected chi connectivity index (χ4v) is 5.55. The van der Waals surface area contributed by atoms with Crippen molar-refractivity contribution < 1.29 is 13.2 Å². The molecule has 0 bridgehead atoms. The number of hydrogen-bond donors (Lipinski definition) is 1. The van der Waals surface area contributed by atoms with Crippen LogP contribution in [0.5, 0.6) is 0 Å². The number of benzene rings is 1. The Morgan fingerprint density at radius 1 is 1.13 bits per heavy atom. The van der Waals surface area contributed by atoms with Gasteiger partial charge in [-0.05, 0) is 31.2 Å². The van der Waals surface area contributed by atoms with Gasteiger partial charge in [0.2, 0.25) is 10.0 Å². The van der Waals surface area contributed by atoms with Crippen LogP contribution >= 0.6 is 23.2 Å². The maximum absolute atomic E-state index is 12.9. The van der Waals surface area contributed by atoms with Gasteiger partial charge in [0.1, 0.15) is 10.6 Å². The monoisotopic (exact) mass is 482 g/mol. The summed E-state index contributed by atoms with van der Waals surface area (Å²) >= 11 is 12.2. The number of aromatic amines is 1. The van der Waals surface area contributed by atoms with E-state index in [1.165, 1.54) is 15.2 Å². The number of sulfonamides is 1. The Kier molecular flexibility index (Phi) is 5.82. The summed E-state index contributed by atoms with van der Waals surface area (Å²) in [4.78, 5) is 14.7. The van der Waals surface area contributed by atoms with Gasteiger partial charge in [-0.25, -0.2) is 8.42 Å². The summed E-state index contributed by atoms with van der Waals surface area (Å²) in [5.74, 6) is -0.251. The fraction of sp³-hybridized carbons (Fsp3) is 0.316. The van der Waals surface area contributed by atoms with Crippen molar-refractivity contribution in [3.05, 3.63) is 51.9 Å². The number of piperazine rings is 1. The maximum Gasteiger partial charge on any atom is 0.271 e. The van der Waals surface area contributed by atoms with Crippen molar-refractivity contribution in [2.24, 2.45) is 7.05 Å². The molecule has 3 heterocycles. The summed E-state index contributed by atoms with van der Waals surface area (Å²) in [7, 11) is -1.96. The minimum absolute atomic E-state index is 0.188. The zero-order valence-corrected chi connectivity index (χ0v) is 19.2. The Balaban J connectivity index is 1.45. The van der Waals surface area contributed by atoms with Gasteiger partial charge in [0.15, 0.2) is 0 Å². The lowest BCUT2D eigenvalue weighted by atomic mass is 10.1. The van der Waals surface area contributed by atoms with Gasteiger partial charge in [-0.15, -0.1) is 0 Å². The van der Waals surface area contributed by atoms with E-state index in [1.54, 1.807) is 43.1 Å². The zero-order chi connectivity index (χ0) is 22.3. The van der Waals surface area contributed by atoms with Crippen LogP contribution in [-0.4, -0.2) is 69.7 Å². The Hall–Kier alpha value is -2.40. The Morgan fingerprint density at radius 2 is 1.84 bits per heavy atom. The van der Waals surface area contributed by atoms with Gasteiger partial charge in [-0.1, -0.05) is 23.2 Å². The third kappa shape index (κ3) is 4.08. The molecule has 164 valence electrons. The van der Waals surface area contributed by atoms with Gasteiger partial charge in [0.05, 0.1) is 22.6 Å². The number of H-pyrrole nitrogens is 1. The second-order valence-corrected chi connectivity index (χ2v) is 9.96.